The van der Waals surface area contributed by atoms with Crippen LogP contribution in [-0.2, 0) is 6.54 Å². The Labute approximate surface area is 184 Å². The minimum Gasteiger partial charge on any atom is -0.320 e. The van der Waals surface area contributed by atoms with Gasteiger partial charge in [-0.1, -0.05) is 65.7 Å². The van der Waals surface area contributed by atoms with Gasteiger partial charge in [-0.05, 0) is 43.7 Å². The van der Waals surface area contributed by atoms with E-state index >= 15 is 0 Å². The molecular weight excluding hydrogens is 404 g/mol. The van der Waals surface area contributed by atoms with Crippen molar-refractivity contribution < 1.29 is 4.79 Å². The number of benzene rings is 3. The Bertz CT molecular complexity index is 1370. The Balaban J connectivity index is 1.84. The van der Waals surface area contributed by atoms with E-state index in [1.165, 1.54) is 0 Å². The molecule has 1 aromatic heterocycles. The van der Waals surface area contributed by atoms with Crippen molar-refractivity contribution in [3.63, 3.8) is 0 Å². The van der Waals surface area contributed by atoms with Crippen LogP contribution in [0.5, 0.6) is 0 Å². The lowest BCUT2D eigenvalue weighted by Gasteiger charge is -2.13. The maximum atomic E-state index is 13.2. The van der Waals surface area contributed by atoms with Crippen molar-refractivity contribution in [1.82, 2.24) is 14.3 Å². The molecule has 0 unspecified atom stereocenters. The highest BCUT2D eigenvalue weighted by Crippen LogP contribution is 2.09. The number of hydrogen-bond donors (Lipinski definition) is 1. The summed E-state index contributed by atoms with van der Waals surface area (Å²) in [5.74, 6) is -0.681. The highest BCUT2D eigenvalue weighted by atomic mass is 16.2. The minimum absolute atomic E-state index is 0.0257. The van der Waals surface area contributed by atoms with E-state index in [4.69, 9.17) is 0 Å². The van der Waals surface area contributed by atoms with Gasteiger partial charge in [-0.2, -0.15) is 9.78 Å². The van der Waals surface area contributed by atoms with Crippen LogP contribution >= 0.6 is 0 Å². The summed E-state index contributed by atoms with van der Waals surface area (Å²) in [5, 5.41) is 6.82. The second-order valence-electron chi connectivity index (χ2n) is 7.58. The van der Waals surface area contributed by atoms with Crippen molar-refractivity contribution in [2.75, 3.05) is 5.32 Å². The molecule has 0 aliphatic heterocycles. The van der Waals surface area contributed by atoms with E-state index in [-0.39, 0.29) is 12.2 Å². The number of amides is 1. The summed E-state index contributed by atoms with van der Waals surface area (Å²) in [6, 6.07) is 23.4. The zero-order chi connectivity index (χ0) is 22.7. The van der Waals surface area contributed by atoms with Crippen molar-refractivity contribution in [2.24, 2.45) is 0 Å². The third-order valence-corrected chi connectivity index (χ3v) is 5.05. The predicted molar refractivity (Wildman–Crippen MR) is 124 cm³/mol. The number of carbonyl (C=O) groups excluding carboxylic acids is 1. The molecule has 32 heavy (non-hydrogen) atoms. The summed E-state index contributed by atoms with van der Waals surface area (Å²) in [7, 11) is 0. The molecular formula is C25H22N4O3. The van der Waals surface area contributed by atoms with Crippen LogP contribution in [0.2, 0.25) is 0 Å². The van der Waals surface area contributed by atoms with E-state index in [2.05, 4.69) is 10.4 Å². The lowest BCUT2D eigenvalue weighted by atomic mass is 10.1. The Kier molecular flexibility index (Phi) is 5.81. The van der Waals surface area contributed by atoms with Gasteiger partial charge in [0.2, 0.25) is 5.69 Å². The molecule has 7 nitrogen and oxygen atoms in total. The SMILES string of the molecule is Cc1ccc(Cn2c(=O)c(C(=O)Nc3ccccc3)nn(-c3ccc(C)cc3)c2=O)cc1. The largest absolute Gasteiger partial charge is 0.352 e. The maximum absolute atomic E-state index is 13.2. The summed E-state index contributed by atoms with van der Waals surface area (Å²) in [5.41, 5.74) is 2.12. The third kappa shape index (κ3) is 4.41. The van der Waals surface area contributed by atoms with Gasteiger partial charge in [0.1, 0.15) is 0 Å². The molecule has 0 spiro atoms. The van der Waals surface area contributed by atoms with Gasteiger partial charge >= 0.3 is 5.69 Å². The van der Waals surface area contributed by atoms with Crippen LogP contribution in [-0.4, -0.2) is 20.3 Å². The van der Waals surface area contributed by atoms with Crippen molar-refractivity contribution in [2.45, 2.75) is 20.4 Å². The summed E-state index contributed by atoms with van der Waals surface area (Å²) >= 11 is 0. The quantitative estimate of drug-likeness (QED) is 0.531. The van der Waals surface area contributed by atoms with E-state index in [1.807, 2.05) is 56.3 Å². The van der Waals surface area contributed by atoms with E-state index in [0.29, 0.717) is 11.4 Å². The molecule has 0 aliphatic carbocycles. The fourth-order valence-electron chi connectivity index (χ4n) is 3.24. The molecule has 0 aliphatic rings. The molecule has 1 N–H and O–H groups in total. The van der Waals surface area contributed by atoms with Crippen LogP contribution in [0.4, 0.5) is 5.69 Å². The number of carbonyl (C=O) groups is 1. The van der Waals surface area contributed by atoms with Crippen LogP contribution in [0, 0.1) is 13.8 Å². The van der Waals surface area contributed by atoms with Gasteiger partial charge in [0.25, 0.3) is 11.5 Å². The summed E-state index contributed by atoms with van der Waals surface area (Å²) in [6.07, 6.45) is 0. The molecule has 0 saturated heterocycles. The van der Waals surface area contributed by atoms with E-state index in [1.54, 1.807) is 36.4 Å². The van der Waals surface area contributed by atoms with Crippen LogP contribution in [0.15, 0.2) is 88.5 Å². The highest BCUT2D eigenvalue weighted by molar-refractivity contribution is 6.02. The summed E-state index contributed by atoms with van der Waals surface area (Å²) in [4.78, 5) is 39.3. The Hall–Kier alpha value is -4.26. The van der Waals surface area contributed by atoms with Gasteiger partial charge < -0.3 is 5.32 Å². The van der Waals surface area contributed by atoms with Crippen LogP contribution < -0.4 is 16.6 Å². The molecule has 0 bridgehead atoms. The average Bonchev–Trinajstić information content (AvgIpc) is 2.79. The topological polar surface area (TPSA) is 86.0 Å². The van der Waals surface area contributed by atoms with Crippen molar-refractivity contribution in [1.29, 1.82) is 0 Å². The second-order valence-corrected chi connectivity index (χ2v) is 7.58. The smallest absolute Gasteiger partial charge is 0.320 e. The summed E-state index contributed by atoms with van der Waals surface area (Å²) < 4.78 is 2.13. The van der Waals surface area contributed by atoms with Crippen LogP contribution in [0.1, 0.15) is 27.2 Å². The van der Waals surface area contributed by atoms with Crippen molar-refractivity contribution >= 4 is 11.6 Å². The number of nitrogens with one attached hydrogen (secondary N) is 1. The zero-order valence-electron chi connectivity index (χ0n) is 17.8. The van der Waals surface area contributed by atoms with Gasteiger partial charge in [0.15, 0.2) is 0 Å². The Morgan fingerprint density at radius 3 is 2.06 bits per heavy atom. The third-order valence-electron chi connectivity index (χ3n) is 5.05. The maximum Gasteiger partial charge on any atom is 0.352 e. The first-order chi connectivity index (χ1) is 15.4. The molecule has 0 fully saturated rings. The molecule has 160 valence electrons. The Morgan fingerprint density at radius 2 is 1.44 bits per heavy atom. The van der Waals surface area contributed by atoms with E-state index in [0.717, 1.165) is 25.9 Å². The van der Waals surface area contributed by atoms with Crippen molar-refractivity contribution in [3.8, 4) is 5.69 Å². The molecule has 3 aromatic carbocycles. The number of anilines is 1. The minimum atomic E-state index is -0.743. The highest BCUT2D eigenvalue weighted by Gasteiger charge is 2.20. The lowest BCUT2D eigenvalue weighted by molar-refractivity contribution is 0.101. The summed E-state index contributed by atoms with van der Waals surface area (Å²) in [6.45, 7) is 3.91. The first kappa shape index (κ1) is 21.0. The van der Waals surface area contributed by atoms with Gasteiger partial charge in [-0.15, -0.1) is 0 Å². The number of para-hydroxylation sites is 1. The van der Waals surface area contributed by atoms with E-state index < -0.39 is 17.2 Å². The molecule has 7 heteroatoms. The van der Waals surface area contributed by atoms with Crippen LogP contribution in [0.25, 0.3) is 5.69 Å². The standard InChI is InChI=1S/C25H22N4O3/c1-17-8-12-19(13-9-17)16-28-24(31)22(23(30)26-20-6-4-3-5-7-20)27-29(25(28)32)21-14-10-18(2)11-15-21/h3-15H,16H2,1-2H3,(H,26,30). The monoisotopic (exact) mass is 426 g/mol. The number of hydrogen-bond acceptors (Lipinski definition) is 4. The number of rotatable bonds is 5. The van der Waals surface area contributed by atoms with Crippen molar-refractivity contribution in [3.05, 3.63) is 122 Å². The lowest BCUT2D eigenvalue weighted by Crippen LogP contribution is -2.45. The normalized spacial score (nSPS) is 10.7. The fraction of sp³-hybridized carbons (Fsp3) is 0.120. The van der Waals surface area contributed by atoms with E-state index in [9.17, 15) is 14.4 Å². The number of aromatic nitrogens is 3. The average molecular weight is 426 g/mol. The van der Waals surface area contributed by atoms with Gasteiger partial charge in [-0.3, -0.25) is 14.2 Å². The zero-order valence-corrected chi connectivity index (χ0v) is 17.8. The van der Waals surface area contributed by atoms with Gasteiger partial charge in [-0.25, -0.2) is 4.79 Å². The molecule has 4 aromatic rings. The molecule has 0 saturated carbocycles. The second kappa shape index (κ2) is 8.85. The first-order valence-corrected chi connectivity index (χ1v) is 10.2. The van der Waals surface area contributed by atoms with Crippen LogP contribution in [0.3, 0.4) is 0 Å². The number of aryl methyl sites for hydroxylation is 2. The molecule has 1 amide bonds. The molecule has 1 heterocycles. The molecule has 4 rings (SSSR count). The molecule has 0 atom stereocenters. The first-order valence-electron chi connectivity index (χ1n) is 10.2. The van der Waals surface area contributed by atoms with Gasteiger partial charge in [0.05, 0.1) is 12.2 Å². The van der Waals surface area contributed by atoms with Gasteiger partial charge in [0, 0.05) is 5.69 Å². The predicted octanol–water partition coefficient (Wildman–Crippen LogP) is 3.31. The Morgan fingerprint density at radius 1 is 0.844 bits per heavy atom. The molecule has 0 radical (unpaired) electrons. The fourth-order valence-corrected chi connectivity index (χ4v) is 3.24. The number of nitrogens with zero attached hydrogens (tertiary/aromatic N) is 3.